The van der Waals surface area contributed by atoms with E-state index in [2.05, 4.69) is 25.6 Å². The minimum absolute atomic E-state index is 0.599. The van der Waals surface area contributed by atoms with Crippen molar-refractivity contribution in [2.24, 2.45) is 0 Å². The number of hydrogen-bond donors (Lipinski definition) is 2. The van der Waals surface area contributed by atoms with E-state index in [0.717, 1.165) is 34.5 Å². The lowest BCUT2D eigenvalue weighted by molar-refractivity contribution is 0.483. The molecule has 0 atom stereocenters. The van der Waals surface area contributed by atoms with Gasteiger partial charge >= 0.3 is 0 Å². The highest BCUT2D eigenvalue weighted by Gasteiger charge is 2.04. The zero-order valence-electron chi connectivity index (χ0n) is 16.0. The Morgan fingerprint density at radius 2 is 1.52 bits per heavy atom. The molecule has 0 bridgehead atoms. The molecule has 0 amide bonds. The molecular formula is C23H21N5O. The average molecular weight is 383 g/mol. The number of nitrogens with one attached hydrogen (secondary N) is 2. The molecule has 0 aliphatic carbocycles. The molecule has 0 aliphatic heterocycles. The number of ether oxygens (including phenoxy) is 1. The van der Waals surface area contributed by atoms with E-state index in [9.17, 15) is 0 Å². The van der Waals surface area contributed by atoms with Gasteiger partial charge in [-0.1, -0.05) is 24.3 Å². The minimum atomic E-state index is 0.599. The second kappa shape index (κ2) is 8.84. The highest BCUT2D eigenvalue weighted by Crippen LogP contribution is 2.24. The van der Waals surface area contributed by atoms with Crippen LogP contribution in [-0.4, -0.2) is 15.0 Å². The summed E-state index contributed by atoms with van der Waals surface area (Å²) in [5.74, 6) is 3.73. The quantitative estimate of drug-likeness (QED) is 0.449. The Morgan fingerprint density at radius 3 is 2.28 bits per heavy atom. The van der Waals surface area contributed by atoms with Gasteiger partial charge in [-0.2, -0.15) is 0 Å². The Labute approximate surface area is 169 Å². The molecule has 0 radical (unpaired) electrons. The maximum atomic E-state index is 5.83. The Kier molecular flexibility index (Phi) is 5.62. The third-order valence-corrected chi connectivity index (χ3v) is 4.12. The lowest BCUT2D eigenvalue weighted by Crippen LogP contribution is -2.06. The normalized spacial score (nSPS) is 10.4. The van der Waals surface area contributed by atoms with E-state index in [1.165, 1.54) is 0 Å². The molecule has 0 unspecified atom stereocenters. The van der Waals surface area contributed by atoms with Crippen molar-refractivity contribution in [3.05, 3.63) is 96.6 Å². The predicted molar refractivity (Wildman–Crippen MR) is 115 cm³/mol. The van der Waals surface area contributed by atoms with Crippen LogP contribution in [0.2, 0.25) is 0 Å². The summed E-state index contributed by atoms with van der Waals surface area (Å²) >= 11 is 0. The summed E-state index contributed by atoms with van der Waals surface area (Å²) in [6, 6.07) is 25.2. The van der Waals surface area contributed by atoms with Gasteiger partial charge in [0.15, 0.2) is 0 Å². The summed E-state index contributed by atoms with van der Waals surface area (Å²) < 4.78 is 5.83. The van der Waals surface area contributed by atoms with Gasteiger partial charge in [0, 0.05) is 18.0 Å². The van der Waals surface area contributed by atoms with Gasteiger partial charge in [-0.3, -0.25) is 4.98 Å². The van der Waals surface area contributed by atoms with Crippen LogP contribution in [0.1, 0.15) is 11.5 Å². The van der Waals surface area contributed by atoms with Crippen molar-refractivity contribution < 1.29 is 4.74 Å². The maximum absolute atomic E-state index is 5.83. The zero-order chi connectivity index (χ0) is 19.9. The number of benzene rings is 2. The van der Waals surface area contributed by atoms with E-state index in [4.69, 9.17) is 4.74 Å². The molecule has 2 heterocycles. The molecule has 4 aromatic rings. The number of aryl methyl sites for hydroxylation is 1. The Bertz CT molecular complexity index is 1050. The smallest absolute Gasteiger partial charge is 0.136 e. The second-order valence-electron chi connectivity index (χ2n) is 6.42. The molecule has 4 rings (SSSR count). The van der Waals surface area contributed by atoms with Crippen LogP contribution in [0.15, 0.2) is 85.1 Å². The lowest BCUT2D eigenvalue weighted by Gasteiger charge is -2.11. The highest BCUT2D eigenvalue weighted by atomic mass is 16.5. The van der Waals surface area contributed by atoms with Crippen molar-refractivity contribution in [2.75, 3.05) is 10.6 Å². The molecule has 0 saturated carbocycles. The largest absolute Gasteiger partial charge is 0.457 e. The molecule has 0 saturated heterocycles. The number of nitrogens with zero attached hydrogens (tertiary/aromatic N) is 3. The van der Waals surface area contributed by atoms with Crippen molar-refractivity contribution in [3.8, 4) is 11.5 Å². The fourth-order valence-corrected chi connectivity index (χ4v) is 2.78. The number of aromatic nitrogens is 3. The van der Waals surface area contributed by atoms with E-state index in [1.807, 2.05) is 85.8 Å². The van der Waals surface area contributed by atoms with Crippen LogP contribution in [0, 0.1) is 6.92 Å². The Hall–Kier alpha value is -3.93. The van der Waals surface area contributed by atoms with Crippen molar-refractivity contribution in [3.63, 3.8) is 0 Å². The van der Waals surface area contributed by atoms with Gasteiger partial charge in [0.2, 0.25) is 0 Å². The van der Waals surface area contributed by atoms with Gasteiger partial charge in [0.05, 0.1) is 12.2 Å². The summed E-state index contributed by atoms with van der Waals surface area (Å²) in [6.07, 6.45) is 1.78. The molecular weight excluding hydrogens is 362 g/mol. The number of para-hydroxylation sites is 1. The van der Waals surface area contributed by atoms with E-state index >= 15 is 0 Å². The third kappa shape index (κ3) is 5.29. The third-order valence-electron chi connectivity index (χ3n) is 4.12. The molecule has 29 heavy (non-hydrogen) atoms. The number of pyridine rings is 1. The summed E-state index contributed by atoms with van der Waals surface area (Å²) in [5.41, 5.74) is 1.87. The summed E-state index contributed by atoms with van der Waals surface area (Å²) in [4.78, 5) is 13.2. The average Bonchev–Trinajstić information content (AvgIpc) is 2.75. The summed E-state index contributed by atoms with van der Waals surface area (Å²) in [7, 11) is 0. The molecule has 2 N–H and O–H groups in total. The van der Waals surface area contributed by atoms with Crippen molar-refractivity contribution in [2.45, 2.75) is 13.5 Å². The SMILES string of the molecule is Cc1nc(NCc2ccccn2)cc(Nc2ccc(Oc3ccccc3)cc2)n1. The van der Waals surface area contributed by atoms with Gasteiger partial charge < -0.3 is 15.4 Å². The van der Waals surface area contributed by atoms with Gasteiger partial charge in [0.25, 0.3) is 0 Å². The standard InChI is InChI=1S/C23H21N5O/c1-17-26-22(25-16-19-7-5-6-14-24-19)15-23(27-17)28-18-10-12-21(13-11-18)29-20-8-3-2-4-9-20/h2-15H,16H2,1H3,(H2,25,26,27,28). The van der Waals surface area contributed by atoms with E-state index in [-0.39, 0.29) is 0 Å². The number of hydrogen-bond acceptors (Lipinski definition) is 6. The fraction of sp³-hybridized carbons (Fsp3) is 0.0870. The van der Waals surface area contributed by atoms with Crippen LogP contribution in [0.25, 0.3) is 0 Å². The van der Waals surface area contributed by atoms with Gasteiger partial charge in [-0.05, 0) is 55.5 Å². The van der Waals surface area contributed by atoms with Crippen LogP contribution in [0.4, 0.5) is 17.3 Å². The van der Waals surface area contributed by atoms with Crippen LogP contribution in [0.5, 0.6) is 11.5 Å². The first kappa shape index (κ1) is 18.4. The molecule has 0 aliphatic rings. The molecule has 2 aromatic heterocycles. The molecule has 0 spiro atoms. The van der Waals surface area contributed by atoms with E-state index < -0.39 is 0 Å². The fourth-order valence-electron chi connectivity index (χ4n) is 2.78. The van der Waals surface area contributed by atoms with Crippen molar-refractivity contribution in [1.29, 1.82) is 0 Å². The second-order valence-corrected chi connectivity index (χ2v) is 6.42. The lowest BCUT2D eigenvalue weighted by atomic mass is 10.3. The highest BCUT2D eigenvalue weighted by molar-refractivity contribution is 5.60. The minimum Gasteiger partial charge on any atom is -0.457 e. The predicted octanol–water partition coefficient (Wildman–Crippen LogP) is 5.33. The van der Waals surface area contributed by atoms with Crippen LogP contribution >= 0.6 is 0 Å². The summed E-state index contributed by atoms with van der Waals surface area (Å²) in [5, 5.41) is 6.60. The molecule has 2 aromatic carbocycles. The number of rotatable bonds is 7. The van der Waals surface area contributed by atoms with Gasteiger partial charge in [0.1, 0.15) is 29.0 Å². The van der Waals surface area contributed by atoms with Gasteiger partial charge in [-0.25, -0.2) is 9.97 Å². The van der Waals surface area contributed by atoms with Crippen molar-refractivity contribution >= 4 is 17.3 Å². The van der Waals surface area contributed by atoms with Crippen LogP contribution in [0.3, 0.4) is 0 Å². The topological polar surface area (TPSA) is 72.0 Å². The zero-order valence-corrected chi connectivity index (χ0v) is 16.0. The molecule has 6 nitrogen and oxygen atoms in total. The Morgan fingerprint density at radius 1 is 0.793 bits per heavy atom. The first-order valence-electron chi connectivity index (χ1n) is 9.34. The number of anilines is 3. The van der Waals surface area contributed by atoms with E-state index in [1.54, 1.807) is 6.20 Å². The van der Waals surface area contributed by atoms with Crippen LogP contribution < -0.4 is 15.4 Å². The van der Waals surface area contributed by atoms with E-state index in [0.29, 0.717) is 12.4 Å². The first-order valence-corrected chi connectivity index (χ1v) is 9.34. The molecule has 6 heteroatoms. The van der Waals surface area contributed by atoms with Crippen molar-refractivity contribution in [1.82, 2.24) is 15.0 Å². The summed E-state index contributed by atoms with van der Waals surface area (Å²) in [6.45, 7) is 2.47. The molecule has 0 fully saturated rings. The first-order chi connectivity index (χ1) is 14.2. The van der Waals surface area contributed by atoms with Gasteiger partial charge in [-0.15, -0.1) is 0 Å². The van der Waals surface area contributed by atoms with Crippen LogP contribution in [-0.2, 0) is 6.54 Å². The maximum Gasteiger partial charge on any atom is 0.136 e. The Balaban J connectivity index is 1.41. The monoisotopic (exact) mass is 383 g/mol. The molecule has 144 valence electrons.